The van der Waals surface area contributed by atoms with Crippen LogP contribution in [0.1, 0.15) is 45.1 Å². The number of ether oxygens (including phenoxy) is 4. The molecular weight excluding hydrogens is 468 g/mol. The zero-order chi connectivity index (χ0) is 26.0. The highest BCUT2D eigenvalue weighted by Gasteiger charge is 2.52. The van der Waals surface area contributed by atoms with E-state index in [0.717, 1.165) is 62.9 Å². The molecule has 3 fully saturated rings. The zero-order valence-corrected chi connectivity index (χ0v) is 23.0. The molecule has 2 aliphatic carbocycles. The predicted octanol–water partition coefficient (Wildman–Crippen LogP) is 4.15. The number of fused-ring (bicyclic) bond motifs is 2. The van der Waals surface area contributed by atoms with Gasteiger partial charge in [-0.25, -0.2) is 0 Å². The van der Waals surface area contributed by atoms with Gasteiger partial charge >= 0.3 is 5.97 Å². The Kier molecular flexibility index (Phi) is 8.13. The molecule has 2 heterocycles. The van der Waals surface area contributed by atoms with Crippen LogP contribution in [0.2, 0.25) is 0 Å². The van der Waals surface area contributed by atoms with Gasteiger partial charge in [-0.05, 0) is 48.8 Å². The van der Waals surface area contributed by atoms with Crippen LogP contribution in [0, 0.1) is 23.2 Å². The molecule has 5 atom stereocenters. The lowest BCUT2D eigenvalue weighted by Crippen LogP contribution is -2.44. The first-order chi connectivity index (χ1) is 17.9. The highest BCUT2D eigenvalue weighted by molar-refractivity contribution is 5.76. The Bertz CT molecular complexity index is 990. The van der Waals surface area contributed by atoms with Gasteiger partial charge in [-0.3, -0.25) is 14.6 Å². The lowest BCUT2D eigenvalue weighted by molar-refractivity contribution is -0.145. The minimum atomic E-state index is -0.141. The van der Waals surface area contributed by atoms with Crippen molar-refractivity contribution < 1.29 is 23.7 Å². The van der Waals surface area contributed by atoms with E-state index in [-0.39, 0.29) is 29.3 Å². The van der Waals surface area contributed by atoms with Gasteiger partial charge in [0.05, 0.1) is 33.4 Å². The summed E-state index contributed by atoms with van der Waals surface area (Å²) in [6.45, 7) is 11.4. The molecule has 1 unspecified atom stereocenters. The van der Waals surface area contributed by atoms with E-state index < -0.39 is 0 Å². The number of hydrogen-bond donors (Lipinski definition) is 0. The number of rotatable bonds is 9. The van der Waals surface area contributed by atoms with E-state index in [0.29, 0.717) is 19.0 Å². The second kappa shape index (κ2) is 11.3. The number of nitrogens with zero attached hydrogens (tertiary/aromatic N) is 2. The average molecular weight is 513 g/mol. The van der Waals surface area contributed by atoms with Crippen molar-refractivity contribution in [3.05, 3.63) is 35.4 Å². The maximum Gasteiger partial charge on any atom is 0.311 e. The summed E-state index contributed by atoms with van der Waals surface area (Å²) in [4.78, 5) is 18.2. The third-order valence-electron chi connectivity index (χ3n) is 9.25. The summed E-state index contributed by atoms with van der Waals surface area (Å²) < 4.78 is 22.8. The average Bonchev–Trinajstić information content (AvgIpc) is 3.19. The number of esters is 1. The van der Waals surface area contributed by atoms with Crippen LogP contribution in [0.3, 0.4) is 0 Å². The molecular formula is C30H44N2O5. The number of allylic oxidation sites excluding steroid dienone is 1. The molecule has 2 saturated heterocycles. The SMILES string of the molecule is COc1ccc(OC)c(CN(CCN2CCOCC2)CC2C(=O)O[C@@H]3C[C@@]4(C)CCC[C@H](C)C4=C[C@H]23)c1. The van der Waals surface area contributed by atoms with Crippen LogP contribution in [-0.2, 0) is 20.8 Å². The molecule has 4 aliphatic rings. The smallest absolute Gasteiger partial charge is 0.311 e. The van der Waals surface area contributed by atoms with E-state index in [1.54, 1.807) is 19.8 Å². The predicted molar refractivity (Wildman–Crippen MR) is 143 cm³/mol. The number of hydrogen-bond acceptors (Lipinski definition) is 7. The first kappa shape index (κ1) is 26.5. The van der Waals surface area contributed by atoms with Gasteiger partial charge < -0.3 is 18.9 Å². The molecule has 0 amide bonds. The summed E-state index contributed by atoms with van der Waals surface area (Å²) in [7, 11) is 3.39. The van der Waals surface area contributed by atoms with Gasteiger partial charge in [-0.15, -0.1) is 0 Å². The van der Waals surface area contributed by atoms with E-state index in [1.165, 1.54) is 19.3 Å². The first-order valence-electron chi connectivity index (χ1n) is 14.1. The van der Waals surface area contributed by atoms with Crippen molar-refractivity contribution in [2.45, 2.75) is 52.2 Å². The summed E-state index contributed by atoms with van der Waals surface area (Å²) in [5.41, 5.74) is 2.82. The fraction of sp³-hybridized carbons (Fsp3) is 0.700. The van der Waals surface area contributed by atoms with Crippen LogP contribution in [0.15, 0.2) is 29.8 Å². The molecule has 1 saturated carbocycles. The second-order valence-corrected chi connectivity index (χ2v) is 11.7. The molecule has 37 heavy (non-hydrogen) atoms. The summed E-state index contributed by atoms with van der Waals surface area (Å²) in [6, 6.07) is 5.94. The van der Waals surface area contributed by atoms with Gasteiger partial charge in [0, 0.05) is 50.7 Å². The molecule has 0 aromatic heterocycles. The quantitative estimate of drug-likeness (QED) is 0.364. The first-order valence-corrected chi connectivity index (χ1v) is 14.1. The topological polar surface area (TPSA) is 60.5 Å². The molecule has 7 nitrogen and oxygen atoms in total. The van der Waals surface area contributed by atoms with E-state index in [2.05, 4.69) is 29.7 Å². The number of benzene rings is 1. The maximum absolute atomic E-state index is 13.3. The fourth-order valence-corrected chi connectivity index (χ4v) is 7.13. The Morgan fingerprint density at radius 1 is 1.19 bits per heavy atom. The molecule has 0 radical (unpaired) electrons. The lowest BCUT2D eigenvalue weighted by atomic mass is 9.59. The minimum Gasteiger partial charge on any atom is -0.497 e. The molecule has 1 aromatic carbocycles. The molecule has 0 N–H and O–H groups in total. The maximum atomic E-state index is 13.3. The largest absolute Gasteiger partial charge is 0.497 e. The molecule has 1 aromatic rings. The Morgan fingerprint density at radius 2 is 2.00 bits per heavy atom. The number of carbonyl (C=O) groups is 1. The van der Waals surface area contributed by atoms with E-state index in [1.807, 2.05) is 18.2 Å². The zero-order valence-electron chi connectivity index (χ0n) is 23.0. The van der Waals surface area contributed by atoms with Crippen molar-refractivity contribution in [1.82, 2.24) is 9.80 Å². The van der Waals surface area contributed by atoms with Crippen molar-refractivity contribution in [1.29, 1.82) is 0 Å². The molecule has 7 heteroatoms. The number of carbonyl (C=O) groups excluding carboxylic acids is 1. The van der Waals surface area contributed by atoms with E-state index in [9.17, 15) is 4.79 Å². The minimum absolute atomic E-state index is 0.00370. The molecule has 2 aliphatic heterocycles. The molecule has 0 bridgehead atoms. The van der Waals surface area contributed by atoms with Crippen LogP contribution in [0.25, 0.3) is 0 Å². The third-order valence-corrected chi connectivity index (χ3v) is 9.25. The number of methoxy groups -OCH3 is 2. The Morgan fingerprint density at radius 3 is 2.76 bits per heavy atom. The van der Waals surface area contributed by atoms with Crippen LogP contribution >= 0.6 is 0 Å². The van der Waals surface area contributed by atoms with Crippen LogP contribution in [0.4, 0.5) is 0 Å². The van der Waals surface area contributed by atoms with E-state index >= 15 is 0 Å². The van der Waals surface area contributed by atoms with Gasteiger partial charge in [0.15, 0.2) is 0 Å². The van der Waals surface area contributed by atoms with Crippen molar-refractivity contribution in [2.24, 2.45) is 23.2 Å². The normalized spacial score (nSPS) is 31.9. The van der Waals surface area contributed by atoms with Gasteiger partial charge in [0.2, 0.25) is 0 Å². The molecule has 204 valence electrons. The monoisotopic (exact) mass is 512 g/mol. The molecule has 5 rings (SSSR count). The van der Waals surface area contributed by atoms with Crippen molar-refractivity contribution in [3.63, 3.8) is 0 Å². The Balaban J connectivity index is 1.38. The van der Waals surface area contributed by atoms with Crippen LogP contribution in [-0.4, -0.2) is 82.0 Å². The van der Waals surface area contributed by atoms with Crippen molar-refractivity contribution in [2.75, 3.05) is 60.2 Å². The molecule has 0 spiro atoms. The standard InChI is InChI=1S/C30H44N2O5/c1-21-6-5-9-30(2)18-28-24(17-26(21)30)25(29(33)37-28)20-32(11-10-31-12-14-36-15-13-31)19-22-16-23(34-3)7-8-27(22)35-4/h7-8,16-17,21,24-25,28H,5-6,9-15,18-20H2,1-4H3/t21-,24+,25?,28+,30+/m0/s1. The fourth-order valence-electron chi connectivity index (χ4n) is 7.13. The highest BCUT2D eigenvalue weighted by atomic mass is 16.6. The summed E-state index contributed by atoms with van der Waals surface area (Å²) >= 11 is 0. The van der Waals surface area contributed by atoms with Crippen LogP contribution in [0.5, 0.6) is 11.5 Å². The summed E-state index contributed by atoms with van der Waals surface area (Å²) in [5, 5.41) is 0. The third kappa shape index (κ3) is 5.69. The summed E-state index contributed by atoms with van der Waals surface area (Å²) in [6.07, 6.45) is 7.15. The van der Waals surface area contributed by atoms with Crippen molar-refractivity contribution >= 4 is 5.97 Å². The van der Waals surface area contributed by atoms with Gasteiger partial charge in [-0.2, -0.15) is 0 Å². The van der Waals surface area contributed by atoms with Gasteiger partial charge in [-0.1, -0.05) is 31.9 Å². The van der Waals surface area contributed by atoms with Gasteiger partial charge in [0.1, 0.15) is 17.6 Å². The Labute approximate surface area is 222 Å². The van der Waals surface area contributed by atoms with Gasteiger partial charge in [0.25, 0.3) is 0 Å². The van der Waals surface area contributed by atoms with Crippen molar-refractivity contribution in [3.8, 4) is 11.5 Å². The summed E-state index contributed by atoms with van der Waals surface area (Å²) in [5.74, 6) is 2.24. The Hall–Kier alpha value is -2.09. The second-order valence-electron chi connectivity index (χ2n) is 11.7. The highest BCUT2D eigenvalue weighted by Crippen LogP contribution is 2.54. The lowest BCUT2D eigenvalue weighted by Gasteiger charge is -2.46. The van der Waals surface area contributed by atoms with Crippen LogP contribution < -0.4 is 9.47 Å². The van der Waals surface area contributed by atoms with E-state index in [4.69, 9.17) is 18.9 Å². The number of morpholine rings is 1.